The molecule has 114 valence electrons. The Bertz CT molecular complexity index is 317. The van der Waals surface area contributed by atoms with Crippen molar-refractivity contribution in [3.05, 3.63) is 0 Å². The zero-order chi connectivity index (χ0) is 15.5. The van der Waals surface area contributed by atoms with Crippen LogP contribution in [-0.4, -0.2) is 36.6 Å². The number of nitrogens with one attached hydrogen (secondary N) is 1. The molecule has 0 aliphatic carbocycles. The van der Waals surface area contributed by atoms with E-state index in [2.05, 4.69) is 0 Å². The molecule has 0 atom stereocenters. The number of halogens is 8. The van der Waals surface area contributed by atoms with Crippen molar-refractivity contribution in [2.45, 2.75) is 44.0 Å². The third-order valence-corrected chi connectivity index (χ3v) is 2.19. The van der Waals surface area contributed by atoms with E-state index in [4.69, 9.17) is 0 Å². The van der Waals surface area contributed by atoms with Crippen molar-refractivity contribution in [3.8, 4) is 0 Å². The normalized spacial score (nSPS) is 13.8. The molecule has 0 spiro atoms. The Labute approximate surface area is 103 Å². The maximum atomic E-state index is 12.9. The van der Waals surface area contributed by atoms with E-state index >= 15 is 0 Å². The first-order valence-electron chi connectivity index (χ1n) is 5.12. The highest BCUT2D eigenvalue weighted by Gasteiger charge is 2.78. The van der Waals surface area contributed by atoms with Crippen LogP contribution >= 0.6 is 0 Å². The van der Waals surface area contributed by atoms with E-state index in [0.29, 0.717) is 6.42 Å². The molecule has 19 heavy (non-hydrogen) atoms. The summed E-state index contributed by atoms with van der Waals surface area (Å²) in [4.78, 5) is 10.7. The summed E-state index contributed by atoms with van der Waals surface area (Å²) in [5, 5.41) is 1.29. The molecule has 0 aliphatic heterocycles. The summed E-state index contributed by atoms with van der Waals surface area (Å²) in [7, 11) is 0. The van der Waals surface area contributed by atoms with Crippen molar-refractivity contribution in [1.29, 1.82) is 0 Å². The first-order valence-corrected chi connectivity index (χ1v) is 5.12. The van der Waals surface area contributed by atoms with E-state index in [0.717, 1.165) is 0 Å². The topological polar surface area (TPSA) is 29.1 Å². The summed E-state index contributed by atoms with van der Waals surface area (Å²) in [5.41, 5.74) is 0. The smallest absolute Gasteiger partial charge is 0.351 e. The zero-order valence-electron chi connectivity index (χ0n) is 9.63. The molecule has 1 amide bonds. The molecule has 0 rings (SSSR count). The predicted molar refractivity (Wildman–Crippen MR) is 48.8 cm³/mol. The monoisotopic (exact) mass is 301 g/mol. The molecule has 0 aromatic heterocycles. The summed E-state index contributed by atoms with van der Waals surface area (Å²) < 4.78 is 99.5. The molecule has 0 aromatic rings. The van der Waals surface area contributed by atoms with Crippen LogP contribution in [0.1, 0.15) is 19.8 Å². The summed E-state index contributed by atoms with van der Waals surface area (Å²) in [5.74, 6) is -21.5. The van der Waals surface area contributed by atoms with E-state index in [1.807, 2.05) is 0 Å². The van der Waals surface area contributed by atoms with E-state index in [1.165, 1.54) is 5.32 Å². The molecule has 10 heteroatoms. The number of amides is 1. The van der Waals surface area contributed by atoms with E-state index in [9.17, 15) is 39.9 Å². The van der Waals surface area contributed by atoms with E-state index in [1.54, 1.807) is 6.92 Å². The van der Waals surface area contributed by atoms with Gasteiger partial charge in [-0.25, -0.2) is 8.78 Å². The molecule has 0 aliphatic rings. The fourth-order valence-electron chi connectivity index (χ4n) is 0.979. The molecule has 0 heterocycles. The van der Waals surface area contributed by atoms with E-state index < -0.39 is 36.6 Å². The maximum Gasteiger partial charge on any atom is 0.392 e. The van der Waals surface area contributed by atoms with Gasteiger partial charge in [-0.3, -0.25) is 4.79 Å². The molecule has 0 fully saturated rings. The van der Waals surface area contributed by atoms with Crippen LogP contribution in [0.5, 0.6) is 0 Å². The van der Waals surface area contributed by atoms with Crippen molar-refractivity contribution < 1.29 is 39.9 Å². The van der Waals surface area contributed by atoms with Gasteiger partial charge in [0.05, 0.1) is 0 Å². The Morgan fingerprint density at radius 3 is 1.95 bits per heavy atom. The van der Waals surface area contributed by atoms with Crippen LogP contribution in [-0.2, 0) is 4.79 Å². The van der Waals surface area contributed by atoms with Gasteiger partial charge < -0.3 is 5.32 Å². The lowest BCUT2D eigenvalue weighted by Crippen LogP contribution is -2.63. The quantitative estimate of drug-likeness (QED) is 0.568. The van der Waals surface area contributed by atoms with Gasteiger partial charge in [0.1, 0.15) is 0 Å². The van der Waals surface area contributed by atoms with Gasteiger partial charge in [-0.05, 0) is 6.42 Å². The molecule has 0 saturated heterocycles. The summed E-state index contributed by atoms with van der Waals surface area (Å²) in [6, 6.07) is 0. The largest absolute Gasteiger partial charge is 0.392 e. The second kappa shape index (κ2) is 5.91. The van der Waals surface area contributed by atoms with Crippen molar-refractivity contribution >= 4 is 5.91 Å². The van der Waals surface area contributed by atoms with Gasteiger partial charge >= 0.3 is 24.2 Å². The maximum absolute atomic E-state index is 12.9. The van der Waals surface area contributed by atoms with Gasteiger partial charge in [0, 0.05) is 6.54 Å². The number of carbonyl (C=O) groups is 1. The highest BCUT2D eigenvalue weighted by Crippen LogP contribution is 2.48. The second-order valence-corrected chi connectivity index (χ2v) is 3.68. The number of alkyl halides is 8. The Morgan fingerprint density at radius 2 is 1.58 bits per heavy atom. The van der Waals surface area contributed by atoms with Crippen molar-refractivity contribution in [1.82, 2.24) is 5.32 Å². The van der Waals surface area contributed by atoms with Gasteiger partial charge in [0.25, 0.3) is 5.91 Å². The van der Waals surface area contributed by atoms with Gasteiger partial charge in [0.15, 0.2) is 0 Å². The Morgan fingerprint density at radius 1 is 1.11 bits per heavy atom. The first-order chi connectivity index (χ1) is 8.42. The molecule has 0 bridgehead atoms. The van der Waals surface area contributed by atoms with Crippen LogP contribution in [0.15, 0.2) is 0 Å². The number of unbranched alkanes of at least 4 members (excludes halogenated alkanes) is 1. The minimum absolute atomic E-state index is 0.138. The van der Waals surface area contributed by atoms with Gasteiger partial charge in [-0.15, -0.1) is 0 Å². The molecule has 2 nitrogen and oxygen atoms in total. The SMILES string of the molecule is CCCCNC(=O)C(F)(F)C(F)(F)C(F)(F)C(F)F. The molecule has 0 saturated carbocycles. The van der Waals surface area contributed by atoms with Crippen molar-refractivity contribution in [2.75, 3.05) is 6.54 Å². The lowest BCUT2D eigenvalue weighted by atomic mass is 10.0. The Kier molecular flexibility index (Phi) is 5.57. The van der Waals surface area contributed by atoms with E-state index in [-0.39, 0.29) is 6.42 Å². The molecule has 0 radical (unpaired) electrons. The number of rotatable bonds is 7. The Balaban J connectivity index is 5.11. The fourth-order valence-corrected chi connectivity index (χ4v) is 0.979. The van der Waals surface area contributed by atoms with Gasteiger partial charge in [0.2, 0.25) is 0 Å². The zero-order valence-corrected chi connectivity index (χ0v) is 9.63. The standard InChI is InChI=1S/C9H11F8NO/c1-2-3-4-18-6(19)8(14,15)9(16,17)7(12,13)5(10)11/h5H,2-4H2,1H3,(H,18,19). The van der Waals surface area contributed by atoms with Crippen LogP contribution in [0.3, 0.4) is 0 Å². The minimum Gasteiger partial charge on any atom is -0.351 e. The molecule has 0 aromatic carbocycles. The predicted octanol–water partition coefficient (Wildman–Crippen LogP) is 3.07. The highest BCUT2D eigenvalue weighted by atomic mass is 19.4. The lowest BCUT2D eigenvalue weighted by Gasteiger charge is -2.31. The molecular weight excluding hydrogens is 290 g/mol. The van der Waals surface area contributed by atoms with Crippen LogP contribution < -0.4 is 5.32 Å². The lowest BCUT2D eigenvalue weighted by molar-refractivity contribution is -0.327. The average Bonchev–Trinajstić information content (AvgIpc) is 2.28. The summed E-state index contributed by atoms with van der Waals surface area (Å²) in [6.45, 7) is 1.13. The first kappa shape index (κ1) is 17.9. The summed E-state index contributed by atoms with van der Waals surface area (Å²) >= 11 is 0. The number of hydrogen-bond donors (Lipinski definition) is 1. The van der Waals surface area contributed by atoms with Crippen LogP contribution in [0.4, 0.5) is 35.1 Å². The van der Waals surface area contributed by atoms with Gasteiger partial charge in [-0.2, -0.15) is 26.3 Å². The van der Waals surface area contributed by atoms with Crippen LogP contribution in [0.25, 0.3) is 0 Å². The third-order valence-electron chi connectivity index (χ3n) is 2.19. The Hall–Kier alpha value is -1.09. The van der Waals surface area contributed by atoms with Crippen LogP contribution in [0, 0.1) is 0 Å². The third kappa shape index (κ3) is 3.27. The van der Waals surface area contributed by atoms with Crippen molar-refractivity contribution in [3.63, 3.8) is 0 Å². The molecule has 1 N–H and O–H groups in total. The molecular formula is C9H11F8NO. The van der Waals surface area contributed by atoms with Gasteiger partial charge in [-0.1, -0.05) is 13.3 Å². The molecule has 0 unspecified atom stereocenters. The fraction of sp³-hybridized carbons (Fsp3) is 0.889. The number of hydrogen-bond acceptors (Lipinski definition) is 1. The highest BCUT2D eigenvalue weighted by molar-refractivity contribution is 5.84. The second-order valence-electron chi connectivity index (χ2n) is 3.68. The number of carbonyl (C=O) groups excluding carboxylic acids is 1. The van der Waals surface area contributed by atoms with Crippen molar-refractivity contribution in [2.24, 2.45) is 0 Å². The minimum atomic E-state index is -6.50. The summed E-state index contributed by atoms with van der Waals surface area (Å²) in [6.07, 6.45) is -4.48. The average molecular weight is 301 g/mol. The van der Waals surface area contributed by atoms with Crippen LogP contribution in [0.2, 0.25) is 0 Å².